The number of benzene rings is 2. The highest BCUT2D eigenvalue weighted by Gasteiger charge is 2.19. The quantitative estimate of drug-likeness (QED) is 0.568. The van der Waals surface area contributed by atoms with Crippen LogP contribution in [0.4, 0.5) is 5.69 Å². The van der Waals surface area contributed by atoms with Gasteiger partial charge in [-0.3, -0.25) is 9.59 Å². The number of ether oxygens (including phenoxy) is 2. The van der Waals surface area contributed by atoms with Crippen LogP contribution in [0.15, 0.2) is 48.5 Å². The van der Waals surface area contributed by atoms with Gasteiger partial charge in [0.05, 0.1) is 6.61 Å². The highest BCUT2D eigenvalue weighted by Crippen LogP contribution is 2.25. The van der Waals surface area contributed by atoms with Gasteiger partial charge in [0.2, 0.25) is 0 Å². The standard InChI is InChI=1S/C22H25NO4/c1-16(22(25)23-19-13-12-17-7-5-8-18(17)15-19)27-21(24)11-6-14-26-20-9-3-2-4-10-20/h2-4,9-10,12-13,15-16H,5-8,11,14H2,1H3,(H,23,25)/t16-/m1/s1. The van der Waals surface area contributed by atoms with E-state index in [4.69, 9.17) is 9.47 Å². The van der Waals surface area contributed by atoms with Crippen LogP contribution in [0.25, 0.3) is 0 Å². The molecule has 1 aliphatic carbocycles. The molecule has 0 unspecified atom stereocenters. The number of hydrogen-bond donors (Lipinski definition) is 1. The average Bonchev–Trinajstić information content (AvgIpc) is 3.14. The number of hydrogen-bond acceptors (Lipinski definition) is 4. The SMILES string of the molecule is C[C@@H](OC(=O)CCCOc1ccccc1)C(=O)Nc1ccc2c(c1)CCC2. The van der Waals surface area contributed by atoms with E-state index in [0.717, 1.165) is 30.7 Å². The van der Waals surface area contributed by atoms with E-state index >= 15 is 0 Å². The molecule has 0 aromatic heterocycles. The lowest BCUT2D eigenvalue weighted by molar-refractivity contribution is -0.153. The van der Waals surface area contributed by atoms with Gasteiger partial charge >= 0.3 is 5.97 Å². The Balaban J connectivity index is 1.38. The molecule has 142 valence electrons. The molecule has 0 bridgehead atoms. The molecule has 1 aliphatic rings. The summed E-state index contributed by atoms with van der Waals surface area (Å²) in [6.07, 6.45) is 3.23. The van der Waals surface area contributed by atoms with Gasteiger partial charge < -0.3 is 14.8 Å². The van der Waals surface area contributed by atoms with Crippen molar-refractivity contribution in [1.29, 1.82) is 0 Å². The monoisotopic (exact) mass is 367 g/mol. The maximum atomic E-state index is 12.3. The van der Waals surface area contributed by atoms with Gasteiger partial charge in [-0.25, -0.2) is 0 Å². The second-order valence-electron chi connectivity index (χ2n) is 6.72. The Labute approximate surface area is 159 Å². The van der Waals surface area contributed by atoms with Gasteiger partial charge in [0.25, 0.3) is 5.91 Å². The van der Waals surface area contributed by atoms with E-state index < -0.39 is 12.1 Å². The molecule has 1 N–H and O–H groups in total. The van der Waals surface area contributed by atoms with E-state index in [1.54, 1.807) is 6.92 Å². The molecule has 0 saturated heterocycles. The van der Waals surface area contributed by atoms with Crippen LogP contribution in [0.1, 0.15) is 37.3 Å². The molecule has 0 spiro atoms. The minimum absolute atomic E-state index is 0.212. The van der Waals surface area contributed by atoms with Crippen LogP contribution in [0.5, 0.6) is 5.75 Å². The Bertz CT molecular complexity index is 788. The molecular weight excluding hydrogens is 342 g/mol. The molecule has 0 saturated carbocycles. The second kappa shape index (κ2) is 9.21. The lowest BCUT2D eigenvalue weighted by Crippen LogP contribution is -2.30. The molecule has 1 atom stereocenters. The molecule has 0 radical (unpaired) electrons. The van der Waals surface area contributed by atoms with Crippen molar-refractivity contribution < 1.29 is 19.1 Å². The molecule has 3 rings (SSSR count). The zero-order valence-electron chi connectivity index (χ0n) is 15.6. The lowest BCUT2D eigenvalue weighted by atomic mass is 10.1. The number of esters is 1. The number of aryl methyl sites for hydroxylation is 2. The van der Waals surface area contributed by atoms with Crippen molar-refractivity contribution in [3.05, 3.63) is 59.7 Å². The van der Waals surface area contributed by atoms with E-state index in [1.807, 2.05) is 42.5 Å². The van der Waals surface area contributed by atoms with Crippen LogP contribution in [0, 0.1) is 0 Å². The molecule has 2 aromatic rings. The molecule has 5 heteroatoms. The zero-order chi connectivity index (χ0) is 19.1. The first-order valence-electron chi connectivity index (χ1n) is 9.42. The second-order valence-corrected chi connectivity index (χ2v) is 6.72. The Hall–Kier alpha value is -2.82. The van der Waals surface area contributed by atoms with Gasteiger partial charge in [0.1, 0.15) is 5.75 Å². The van der Waals surface area contributed by atoms with Crippen molar-refractivity contribution in [2.24, 2.45) is 0 Å². The minimum Gasteiger partial charge on any atom is -0.494 e. The number of carbonyl (C=O) groups is 2. The molecule has 0 fully saturated rings. The number of nitrogens with one attached hydrogen (secondary N) is 1. The fourth-order valence-electron chi connectivity index (χ4n) is 3.13. The van der Waals surface area contributed by atoms with Crippen molar-refractivity contribution in [1.82, 2.24) is 0 Å². The molecule has 1 amide bonds. The zero-order valence-corrected chi connectivity index (χ0v) is 15.6. The number of carbonyl (C=O) groups excluding carboxylic acids is 2. The van der Waals surface area contributed by atoms with E-state index in [2.05, 4.69) is 11.4 Å². The summed E-state index contributed by atoms with van der Waals surface area (Å²) in [5.41, 5.74) is 3.39. The number of anilines is 1. The number of rotatable bonds is 8. The molecule has 0 heterocycles. The first-order chi connectivity index (χ1) is 13.1. The Kier molecular flexibility index (Phi) is 6.47. The van der Waals surface area contributed by atoms with Gasteiger partial charge in [0, 0.05) is 12.1 Å². The van der Waals surface area contributed by atoms with Crippen LogP contribution < -0.4 is 10.1 Å². The summed E-state index contributed by atoms with van der Waals surface area (Å²) >= 11 is 0. The summed E-state index contributed by atoms with van der Waals surface area (Å²) in [7, 11) is 0. The van der Waals surface area contributed by atoms with E-state index in [-0.39, 0.29) is 12.3 Å². The number of fused-ring (bicyclic) bond motifs is 1. The predicted molar refractivity (Wildman–Crippen MR) is 104 cm³/mol. The highest BCUT2D eigenvalue weighted by molar-refractivity contribution is 5.95. The first-order valence-corrected chi connectivity index (χ1v) is 9.42. The molecule has 2 aromatic carbocycles. The average molecular weight is 367 g/mol. The van der Waals surface area contributed by atoms with Crippen LogP contribution in [-0.2, 0) is 27.2 Å². The molecule has 5 nitrogen and oxygen atoms in total. The lowest BCUT2D eigenvalue weighted by Gasteiger charge is -2.14. The first kappa shape index (κ1) is 19.0. The Morgan fingerprint density at radius 1 is 1.07 bits per heavy atom. The van der Waals surface area contributed by atoms with Crippen LogP contribution in [-0.4, -0.2) is 24.6 Å². The summed E-state index contributed by atoms with van der Waals surface area (Å²) < 4.78 is 10.8. The van der Waals surface area contributed by atoms with Gasteiger partial charge in [-0.05, 0) is 68.0 Å². The predicted octanol–water partition coefficient (Wildman–Crippen LogP) is 3.90. The van der Waals surface area contributed by atoms with Crippen molar-refractivity contribution in [3.63, 3.8) is 0 Å². The summed E-state index contributed by atoms with van der Waals surface area (Å²) in [6.45, 7) is 2.01. The van der Waals surface area contributed by atoms with Crippen molar-refractivity contribution in [2.75, 3.05) is 11.9 Å². The maximum absolute atomic E-state index is 12.3. The Morgan fingerprint density at radius 3 is 2.67 bits per heavy atom. The Morgan fingerprint density at radius 2 is 1.85 bits per heavy atom. The highest BCUT2D eigenvalue weighted by atomic mass is 16.5. The molecule has 0 aliphatic heterocycles. The van der Waals surface area contributed by atoms with E-state index in [0.29, 0.717) is 13.0 Å². The maximum Gasteiger partial charge on any atom is 0.306 e. The molecular formula is C22H25NO4. The summed E-state index contributed by atoms with van der Waals surface area (Å²) in [4.78, 5) is 24.2. The summed E-state index contributed by atoms with van der Waals surface area (Å²) in [6, 6.07) is 15.4. The minimum atomic E-state index is -0.833. The third-order valence-corrected chi connectivity index (χ3v) is 4.58. The van der Waals surface area contributed by atoms with Gasteiger partial charge in [-0.15, -0.1) is 0 Å². The van der Waals surface area contributed by atoms with Crippen LogP contribution in [0.2, 0.25) is 0 Å². The summed E-state index contributed by atoms with van der Waals surface area (Å²) in [5, 5.41) is 2.82. The number of para-hydroxylation sites is 1. The third-order valence-electron chi connectivity index (χ3n) is 4.58. The fourth-order valence-corrected chi connectivity index (χ4v) is 3.13. The largest absolute Gasteiger partial charge is 0.494 e. The van der Waals surface area contributed by atoms with Gasteiger partial charge in [-0.2, -0.15) is 0 Å². The van der Waals surface area contributed by atoms with Gasteiger partial charge in [-0.1, -0.05) is 24.3 Å². The van der Waals surface area contributed by atoms with Crippen LogP contribution in [0.3, 0.4) is 0 Å². The third kappa shape index (κ3) is 5.58. The topological polar surface area (TPSA) is 64.6 Å². The molecule has 27 heavy (non-hydrogen) atoms. The van der Waals surface area contributed by atoms with E-state index in [9.17, 15) is 9.59 Å². The van der Waals surface area contributed by atoms with Crippen LogP contribution >= 0.6 is 0 Å². The van der Waals surface area contributed by atoms with Gasteiger partial charge in [0.15, 0.2) is 6.10 Å². The normalized spacial score (nSPS) is 13.5. The number of amides is 1. The fraction of sp³-hybridized carbons (Fsp3) is 0.364. The van der Waals surface area contributed by atoms with Crippen molar-refractivity contribution in [2.45, 2.75) is 45.1 Å². The smallest absolute Gasteiger partial charge is 0.306 e. The van der Waals surface area contributed by atoms with Crippen molar-refractivity contribution >= 4 is 17.6 Å². The summed E-state index contributed by atoms with van der Waals surface area (Å²) in [5.74, 6) is 0.0538. The van der Waals surface area contributed by atoms with Crippen molar-refractivity contribution in [3.8, 4) is 5.75 Å². The van der Waals surface area contributed by atoms with E-state index in [1.165, 1.54) is 11.1 Å².